The van der Waals surface area contributed by atoms with Crippen molar-refractivity contribution in [2.24, 2.45) is 0 Å². The van der Waals surface area contributed by atoms with Gasteiger partial charge in [0.2, 0.25) is 5.95 Å². The average Bonchev–Trinajstić information content (AvgIpc) is 3.34. The van der Waals surface area contributed by atoms with Crippen molar-refractivity contribution in [3.63, 3.8) is 0 Å². The molecule has 0 saturated carbocycles. The zero-order valence-corrected chi connectivity index (χ0v) is 19.9. The SMILES string of the molecule is Fc1cc(-c2nccn3nc(Nc4ccc(N5CCOCC5)cc4)nc23)ccc1CN1CCOCC1. The second kappa shape index (κ2) is 10.2. The van der Waals surface area contributed by atoms with Crippen molar-refractivity contribution in [3.05, 3.63) is 66.2 Å². The average molecular weight is 490 g/mol. The Morgan fingerprint density at radius 3 is 2.42 bits per heavy atom. The second-order valence-electron chi connectivity index (χ2n) is 8.95. The Morgan fingerprint density at radius 2 is 1.67 bits per heavy atom. The van der Waals surface area contributed by atoms with Gasteiger partial charge in [-0.15, -0.1) is 5.10 Å². The van der Waals surface area contributed by atoms with Crippen molar-refractivity contribution in [1.82, 2.24) is 24.5 Å². The number of benzene rings is 2. The minimum atomic E-state index is -0.249. The molecule has 0 aliphatic carbocycles. The van der Waals surface area contributed by atoms with Crippen LogP contribution < -0.4 is 10.2 Å². The van der Waals surface area contributed by atoms with Gasteiger partial charge in [0.15, 0.2) is 5.65 Å². The highest BCUT2D eigenvalue weighted by Crippen LogP contribution is 2.26. The van der Waals surface area contributed by atoms with E-state index in [2.05, 4.69) is 42.3 Å². The predicted molar refractivity (Wildman–Crippen MR) is 135 cm³/mol. The van der Waals surface area contributed by atoms with Gasteiger partial charge in [0.05, 0.1) is 26.4 Å². The Labute approximate surface area is 208 Å². The summed E-state index contributed by atoms with van der Waals surface area (Å²) >= 11 is 0. The van der Waals surface area contributed by atoms with Crippen molar-refractivity contribution < 1.29 is 13.9 Å². The van der Waals surface area contributed by atoms with Gasteiger partial charge in [-0.25, -0.2) is 8.91 Å². The Kier molecular flexibility index (Phi) is 6.46. The molecule has 2 fully saturated rings. The van der Waals surface area contributed by atoms with E-state index in [-0.39, 0.29) is 5.82 Å². The van der Waals surface area contributed by atoms with Crippen LogP contribution in [0.1, 0.15) is 5.56 Å². The first-order chi connectivity index (χ1) is 17.7. The first kappa shape index (κ1) is 22.8. The number of nitrogens with zero attached hydrogens (tertiary/aromatic N) is 6. The molecule has 36 heavy (non-hydrogen) atoms. The standard InChI is InChI=1S/C26H28FN7O2/c27-23-17-19(1-2-20(23)18-32-9-13-35-14-10-32)24-25-30-26(31-34(25)8-7-28-24)29-21-3-5-22(6-4-21)33-11-15-36-16-12-33/h1-8,17H,9-16,18H2,(H,29,31). The van der Waals surface area contributed by atoms with Gasteiger partial charge in [0.1, 0.15) is 11.5 Å². The normalized spacial score (nSPS) is 17.0. The third-order valence-electron chi connectivity index (χ3n) is 6.58. The largest absolute Gasteiger partial charge is 0.379 e. The number of anilines is 3. The number of ether oxygens (including phenoxy) is 2. The quantitative estimate of drug-likeness (QED) is 0.442. The van der Waals surface area contributed by atoms with E-state index in [1.54, 1.807) is 16.9 Å². The molecule has 0 atom stereocenters. The van der Waals surface area contributed by atoms with Crippen molar-refractivity contribution in [1.29, 1.82) is 0 Å². The summed E-state index contributed by atoms with van der Waals surface area (Å²) in [6.07, 6.45) is 3.39. The molecular formula is C26H28FN7O2. The van der Waals surface area contributed by atoms with Crippen LogP contribution in [-0.4, -0.2) is 77.1 Å². The van der Waals surface area contributed by atoms with E-state index in [1.807, 2.05) is 24.3 Å². The van der Waals surface area contributed by atoms with Gasteiger partial charge in [-0.1, -0.05) is 12.1 Å². The summed E-state index contributed by atoms with van der Waals surface area (Å²) in [5.41, 5.74) is 4.52. The molecule has 6 rings (SSSR count). The molecule has 186 valence electrons. The molecule has 2 aliphatic rings. The molecule has 0 spiro atoms. The van der Waals surface area contributed by atoms with Crippen LogP contribution in [0.4, 0.5) is 21.7 Å². The van der Waals surface area contributed by atoms with Gasteiger partial charge in [0, 0.05) is 67.6 Å². The summed E-state index contributed by atoms with van der Waals surface area (Å²) < 4.78 is 27.5. The number of hydrogen-bond donors (Lipinski definition) is 1. The first-order valence-electron chi connectivity index (χ1n) is 12.2. The molecule has 10 heteroatoms. The maximum atomic E-state index is 15.0. The van der Waals surface area contributed by atoms with Crippen LogP contribution in [0.2, 0.25) is 0 Å². The maximum Gasteiger partial charge on any atom is 0.247 e. The van der Waals surface area contributed by atoms with Gasteiger partial charge in [0.25, 0.3) is 0 Å². The van der Waals surface area contributed by atoms with Crippen molar-refractivity contribution >= 4 is 23.0 Å². The molecule has 2 saturated heterocycles. The maximum absolute atomic E-state index is 15.0. The third kappa shape index (κ3) is 4.88. The van der Waals surface area contributed by atoms with Crippen LogP contribution in [0.25, 0.3) is 16.9 Å². The van der Waals surface area contributed by atoms with Crippen molar-refractivity contribution in [2.45, 2.75) is 6.54 Å². The Bertz CT molecular complexity index is 1330. The first-order valence-corrected chi connectivity index (χ1v) is 12.2. The molecule has 2 aromatic heterocycles. The van der Waals surface area contributed by atoms with E-state index in [1.165, 1.54) is 6.07 Å². The van der Waals surface area contributed by atoms with Gasteiger partial charge < -0.3 is 19.7 Å². The van der Waals surface area contributed by atoms with Crippen LogP contribution in [0.3, 0.4) is 0 Å². The van der Waals surface area contributed by atoms with Crippen LogP contribution >= 0.6 is 0 Å². The van der Waals surface area contributed by atoms with Crippen molar-refractivity contribution in [2.75, 3.05) is 62.8 Å². The smallest absolute Gasteiger partial charge is 0.247 e. The molecule has 0 unspecified atom stereocenters. The Balaban J connectivity index is 1.20. The fourth-order valence-corrected chi connectivity index (χ4v) is 4.60. The lowest BCUT2D eigenvalue weighted by molar-refractivity contribution is 0.0337. The second-order valence-corrected chi connectivity index (χ2v) is 8.95. The number of nitrogens with one attached hydrogen (secondary N) is 1. The van der Waals surface area contributed by atoms with Crippen LogP contribution in [-0.2, 0) is 16.0 Å². The number of rotatable bonds is 6. The number of aromatic nitrogens is 4. The number of halogens is 1. The molecule has 0 radical (unpaired) electrons. The van der Waals surface area contributed by atoms with Crippen LogP contribution in [0.5, 0.6) is 0 Å². The third-order valence-corrected chi connectivity index (χ3v) is 6.58. The fraction of sp³-hybridized carbons (Fsp3) is 0.346. The minimum Gasteiger partial charge on any atom is -0.379 e. The number of fused-ring (bicyclic) bond motifs is 1. The van der Waals surface area contributed by atoms with E-state index in [0.717, 1.165) is 50.8 Å². The lowest BCUT2D eigenvalue weighted by atomic mass is 10.1. The van der Waals surface area contributed by atoms with Gasteiger partial charge in [-0.05, 0) is 30.3 Å². The lowest BCUT2D eigenvalue weighted by Gasteiger charge is -2.28. The molecule has 9 nitrogen and oxygen atoms in total. The highest BCUT2D eigenvalue weighted by molar-refractivity contribution is 5.75. The zero-order valence-electron chi connectivity index (χ0n) is 19.9. The molecule has 4 aromatic rings. The van der Waals surface area contributed by atoms with Gasteiger partial charge in [-0.3, -0.25) is 9.88 Å². The predicted octanol–water partition coefficient (Wildman–Crippen LogP) is 3.34. The van der Waals surface area contributed by atoms with E-state index in [9.17, 15) is 4.39 Å². The molecule has 2 aromatic carbocycles. The monoisotopic (exact) mass is 489 g/mol. The molecular weight excluding hydrogens is 461 g/mol. The zero-order chi connectivity index (χ0) is 24.3. The fourth-order valence-electron chi connectivity index (χ4n) is 4.60. The van der Waals surface area contributed by atoms with Crippen LogP contribution in [0, 0.1) is 5.82 Å². The van der Waals surface area contributed by atoms with E-state index in [0.29, 0.717) is 48.2 Å². The van der Waals surface area contributed by atoms with Crippen LogP contribution in [0.15, 0.2) is 54.9 Å². The minimum absolute atomic E-state index is 0.249. The summed E-state index contributed by atoms with van der Waals surface area (Å²) in [4.78, 5) is 13.6. The van der Waals surface area contributed by atoms with E-state index >= 15 is 0 Å². The van der Waals surface area contributed by atoms with Gasteiger partial charge in [-0.2, -0.15) is 4.98 Å². The molecule has 2 aliphatic heterocycles. The summed E-state index contributed by atoms with van der Waals surface area (Å²) in [6.45, 7) is 6.86. The highest BCUT2D eigenvalue weighted by Gasteiger charge is 2.17. The summed E-state index contributed by atoms with van der Waals surface area (Å²) in [7, 11) is 0. The molecule has 4 heterocycles. The highest BCUT2D eigenvalue weighted by atomic mass is 19.1. The summed E-state index contributed by atoms with van der Waals surface area (Å²) in [5, 5.41) is 7.80. The molecule has 0 amide bonds. The number of hydrogen-bond acceptors (Lipinski definition) is 8. The number of morpholine rings is 2. The summed E-state index contributed by atoms with van der Waals surface area (Å²) in [6, 6.07) is 13.4. The van der Waals surface area contributed by atoms with E-state index in [4.69, 9.17) is 9.47 Å². The Hall–Kier alpha value is -3.60. The van der Waals surface area contributed by atoms with E-state index < -0.39 is 0 Å². The topological polar surface area (TPSA) is 80.0 Å². The van der Waals surface area contributed by atoms with Gasteiger partial charge >= 0.3 is 0 Å². The lowest BCUT2D eigenvalue weighted by Crippen LogP contribution is -2.36. The molecule has 1 N–H and O–H groups in total. The molecule has 0 bridgehead atoms. The summed E-state index contributed by atoms with van der Waals surface area (Å²) in [5.74, 6) is 0.203. The Morgan fingerprint density at radius 1 is 0.917 bits per heavy atom. The van der Waals surface area contributed by atoms with Crippen molar-refractivity contribution in [3.8, 4) is 11.3 Å².